The number of rotatable bonds is 4. The van der Waals surface area contributed by atoms with Gasteiger partial charge in [0.2, 0.25) is 0 Å². The number of nitrogens with one attached hydrogen (secondary N) is 1. The molecule has 0 spiro atoms. The second kappa shape index (κ2) is 6.73. The maximum absolute atomic E-state index is 12.2. The molecule has 1 aromatic heterocycles. The number of halogens is 1. The molecule has 0 saturated heterocycles. The van der Waals surface area contributed by atoms with E-state index < -0.39 is 0 Å². The third-order valence-electron chi connectivity index (χ3n) is 4.16. The zero-order chi connectivity index (χ0) is 18.1. The fourth-order valence-corrected chi connectivity index (χ4v) is 2.97. The molecule has 0 aliphatic rings. The minimum atomic E-state index is -0.243. The fourth-order valence-electron chi connectivity index (χ4n) is 2.86. The van der Waals surface area contributed by atoms with Crippen LogP contribution in [0.1, 0.15) is 5.56 Å². The van der Waals surface area contributed by atoms with Crippen LogP contribution >= 0.6 is 11.6 Å². The number of para-hydroxylation sites is 1. The Balaban J connectivity index is 1.46. The first-order chi connectivity index (χ1) is 12.6. The molecule has 130 valence electrons. The largest absolute Gasteiger partial charge is 0.484 e. The number of anilines is 1. The van der Waals surface area contributed by atoms with Crippen LogP contribution in [0.4, 0.5) is 5.69 Å². The van der Waals surface area contributed by atoms with Gasteiger partial charge in [-0.25, -0.2) is 0 Å². The van der Waals surface area contributed by atoms with E-state index in [2.05, 4.69) is 5.32 Å². The van der Waals surface area contributed by atoms with Crippen LogP contribution < -0.4 is 10.1 Å². The highest BCUT2D eigenvalue weighted by atomic mass is 35.5. The average Bonchev–Trinajstić information content (AvgIpc) is 3.00. The number of fused-ring (bicyclic) bond motifs is 3. The van der Waals surface area contributed by atoms with Gasteiger partial charge in [0, 0.05) is 27.5 Å². The molecule has 0 fully saturated rings. The summed E-state index contributed by atoms with van der Waals surface area (Å²) in [6.07, 6.45) is 0. The molecular weight excluding hydrogens is 350 g/mol. The highest BCUT2D eigenvalue weighted by Gasteiger charge is 2.09. The van der Waals surface area contributed by atoms with Gasteiger partial charge in [0.05, 0.1) is 0 Å². The van der Waals surface area contributed by atoms with Gasteiger partial charge in [0.1, 0.15) is 16.9 Å². The Kier molecular flexibility index (Phi) is 4.27. The van der Waals surface area contributed by atoms with E-state index in [0.717, 1.165) is 27.5 Å². The van der Waals surface area contributed by atoms with Crippen molar-refractivity contribution in [3.63, 3.8) is 0 Å². The zero-order valence-electron chi connectivity index (χ0n) is 14.1. The SMILES string of the molecule is Cc1cc(OCC(=O)Nc2ccc3c(c2)oc2ccccc23)ccc1Cl. The van der Waals surface area contributed by atoms with Crippen LogP contribution in [0.15, 0.2) is 65.1 Å². The van der Waals surface area contributed by atoms with Crippen molar-refractivity contribution in [3.05, 3.63) is 71.2 Å². The Hall–Kier alpha value is -2.98. The van der Waals surface area contributed by atoms with Gasteiger partial charge < -0.3 is 14.5 Å². The van der Waals surface area contributed by atoms with E-state index >= 15 is 0 Å². The van der Waals surface area contributed by atoms with Gasteiger partial charge in [-0.1, -0.05) is 29.8 Å². The van der Waals surface area contributed by atoms with Crippen LogP contribution in [0, 0.1) is 6.92 Å². The summed E-state index contributed by atoms with van der Waals surface area (Å²) in [5.41, 5.74) is 3.13. The van der Waals surface area contributed by atoms with Crippen LogP contribution in [0.5, 0.6) is 5.75 Å². The van der Waals surface area contributed by atoms with Gasteiger partial charge in [-0.3, -0.25) is 4.79 Å². The standard InChI is InChI=1S/C21H16ClNO3/c1-13-10-15(7-9-18(13)22)25-12-21(24)23-14-6-8-17-16-4-2-3-5-19(16)26-20(17)11-14/h2-11H,12H2,1H3,(H,23,24). The number of aryl methyl sites for hydroxylation is 1. The maximum atomic E-state index is 12.2. The van der Waals surface area contributed by atoms with Crippen LogP contribution in [0.25, 0.3) is 21.9 Å². The van der Waals surface area contributed by atoms with Crippen molar-refractivity contribution in [2.45, 2.75) is 6.92 Å². The number of furan rings is 1. The molecule has 0 radical (unpaired) electrons. The second-order valence-corrected chi connectivity index (χ2v) is 6.46. The summed E-state index contributed by atoms with van der Waals surface area (Å²) in [5, 5.41) is 5.57. The third kappa shape index (κ3) is 3.24. The Morgan fingerprint density at radius 2 is 1.85 bits per heavy atom. The van der Waals surface area contributed by atoms with E-state index in [1.54, 1.807) is 18.2 Å². The summed E-state index contributed by atoms with van der Waals surface area (Å²) in [5.74, 6) is 0.364. The number of ether oxygens (including phenoxy) is 1. The van der Waals surface area contributed by atoms with Crippen molar-refractivity contribution in [2.24, 2.45) is 0 Å². The molecule has 1 amide bonds. The molecule has 4 rings (SSSR count). The Morgan fingerprint density at radius 1 is 1.04 bits per heavy atom. The minimum absolute atomic E-state index is 0.0841. The molecule has 4 aromatic rings. The minimum Gasteiger partial charge on any atom is -0.484 e. The van der Waals surface area contributed by atoms with Gasteiger partial charge >= 0.3 is 0 Å². The van der Waals surface area contributed by atoms with E-state index in [1.807, 2.05) is 49.4 Å². The lowest BCUT2D eigenvalue weighted by Crippen LogP contribution is -2.20. The van der Waals surface area contributed by atoms with Crippen LogP contribution in [-0.2, 0) is 4.79 Å². The molecule has 0 aliphatic heterocycles. The fraction of sp³-hybridized carbons (Fsp3) is 0.0952. The molecule has 3 aromatic carbocycles. The summed E-state index contributed by atoms with van der Waals surface area (Å²) in [4.78, 5) is 12.2. The van der Waals surface area contributed by atoms with Crippen LogP contribution in [0.3, 0.4) is 0 Å². The van der Waals surface area contributed by atoms with Gasteiger partial charge in [-0.15, -0.1) is 0 Å². The van der Waals surface area contributed by atoms with Crippen molar-refractivity contribution in [2.75, 3.05) is 11.9 Å². The van der Waals surface area contributed by atoms with Crippen molar-refractivity contribution < 1.29 is 13.9 Å². The van der Waals surface area contributed by atoms with E-state index in [4.69, 9.17) is 20.8 Å². The smallest absolute Gasteiger partial charge is 0.262 e. The third-order valence-corrected chi connectivity index (χ3v) is 4.59. The Morgan fingerprint density at radius 3 is 2.69 bits per heavy atom. The normalized spacial score (nSPS) is 11.0. The van der Waals surface area contributed by atoms with Crippen LogP contribution in [-0.4, -0.2) is 12.5 Å². The first-order valence-electron chi connectivity index (χ1n) is 8.20. The molecule has 4 nitrogen and oxygen atoms in total. The van der Waals surface area contributed by atoms with E-state index in [0.29, 0.717) is 16.5 Å². The summed E-state index contributed by atoms with van der Waals surface area (Å²) < 4.78 is 11.4. The van der Waals surface area contributed by atoms with Crippen molar-refractivity contribution in [1.82, 2.24) is 0 Å². The number of hydrogen-bond acceptors (Lipinski definition) is 3. The summed E-state index contributed by atoms with van der Waals surface area (Å²) in [7, 11) is 0. The van der Waals surface area contributed by atoms with Crippen molar-refractivity contribution >= 4 is 45.1 Å². The summed E-state index contributed by atoms with van der Waals surface area (Å²) >= 11 is 5.98. The molecule has 0 atom stereocenters. The number of carbonyl (C=O) groups excluding carboxylic acids is 1. The molecular formula is C21H16ClNO3. The molecule has 1 N–H and O–H groups in total. The predicted molar refractivity (Wildman–Crippen MR) is 104 cm³/mol. The molecule has 0 bridgehead atoms. The Labute approximate surface area is 155 Å². The predicted octanol–water partition coefficient (Wildman–Crippen LogP) is 5.57. The maximum Gasteiger partial charge on any atom is 0.262 e. The molecule has 5 heteroatoms. The quantitative estimate of drug-likeness (QED) is 0.514. The van der Waals surface area contributed by atoms with E-state index in [1.165, 1.54) is 0 Å². The average molecular weight is 366 g/mol. The van der Waals surface area contributed by atoms with E-state index in [9.17, 15) is 4.79 Å². The summed E-state index contributed by atoms with van der Waals surface area (Å²) in [6.45, 7) is 1.80. The van der Waals surface area contributed by atoms with Crippen molar-refractivity contribution in [3.8, 4) is 5.75 Å². The summed E-state index contributed by atoms with van der Waals surface area (Å²) in [6, 6.07) is 18.8. The van der Waals surface area contributed by atoms with Gasteiger partial charge in [-0.05, 0) is 48.9 Å². The second-order valence-electron chi connectivity index (χ2n) is 6.06. The zero-order valence-corrected chi connectivity index (χ0v) is 14.8. The monoisotopic (exact) mass is 365 g/mol. The Bertz CT molecular complexity index is 1120. The van der Waals surface area contributed by atoms with Gasteiger partial charge in [-0.2, -0.15) is 0 Å². The lowest BCUT2D eigenvalue weighted by atomic mass is 10.1. The first-order valence-corrected chi connectivity index (χ1v) is 8.58. The molecule has 1 heterocycles. The first kappa shape index (κ1) is 16.5. The van der Waals surface area contributed by atoms with Gasteiger partial charge in [0.15, 0.2) is 6.61 Å². The van der Waals surface area contributed by atoms with E-state index in [-0.39, 0.29) is 12.5 Å². The lowest BCUT2D eigenvalue weighted by Gasteiger charge is -2.08. The molecule has 0 saturated carbocycles. The number of hydrogen-bond donors (Lipinski definition) is 1. The van der Waals surface area contributed by atoms with Gasteiger partial charge in [0.25, 0.3) is 5.91 Å². The topological polar surface area (TPSA) is 51.5 Å². The highest BCUT2D eigenvalue weighted by molar-refractivity contribution is 6.31. The van der Waals surface area contributed by atoms with Crippen molar-refractivity contribution in [1.29, 1.82) is 0 Å². The molecule has 0 unspecified atom stereocenters. The van der Waals surface area contributed by atoms with Crippen LogP contribution in [0.2, 0.25) is 5.02 Å². The molecule has 0 aliphatic carbocycles. The number of benzene rings is 3. The number of amides is 1. The highest BCUT2D eigenvalue weighted by Crippen LogP contribution is 2.30. The lowest BCUT2D eigenvalue weighted by molar-refractivity contribution is -0.118. The molecule has 26 heavy (non-hydrogen) atoms. The number of carbonyl (C=O) groups is 1.